The number of aliphatic carboxylic acids is 4. The largest absolute Gasteiger partial charge is 0.480 e. The third-order valence-corrected chi connectivity index (χ3v) is 16.6. The van der Waals surface area contributed by atoms with Crippen LogP contribution in [0.2, 0.25) is 0 Å². The number of nitrogens with zero attached hydrogens (tertiary/aromatic N) is 9. The Bertz CT molecular complexity index is 3130. The van der Waals surface area contributed by atoms with E-state index in [1.165, 1.54) is 35.2 Å². The number of pyridine rings is 3. The Labute approximate surface area is 422 Å². The molecular formula is C42H46N11O19P3. The molecule has 7 rings (SSSR count). The van der Waals surface area contributed by atoms with Crippen molar-refractivity contribution in [2.24, 2.45) is 0 Å². The van der Waals surface area contributed by atoms with E-state index in [1.807, 2.05) is 0 Å². The van der Waals surface area contributed by atoms with Crippen LogP contribution < -0.4 is 10.8 Å². The van der Waals surface area contributed by atoms with E-state index >= 15 is 0 Å². The van der Waals surface area contributed by atoms with E-state index in [2.05, 4.69) is 34.3 Å². The van der Waals surface area contributed by atoms with Crippen LogP contribution in [0.3, 0.4) is 0 Å². The fourth-order valence-corrected chi connectivity index (χ4v) is 12.9. The van der Waals surface area contributed by atoms with E-state index in [0.29, 0.717) is 11.1 Å². The van der Waals surface area contributed by atoms with Crippen molar-refractivity contribution in [3.63, 3.8) is 0 Å². The molecule has 7 atom stereocenters. The van der Waals surface area contributed by atoms with Crippen LogP contribution in [0, 0.1) is 0 Å². The lowest BCUT2D eigenvalue weighted by molar-refractivity contribution is -0.144. The molecule has 1 aromatic carbocycles. The summed E-state index contributed by atoms with van der Waals surface area (Å²) in [5, 5.41) is 61.0. The lowest BCUT2D eigenvalue weighted by atomic mass is 10.0. The van der Waals surface area contributed by atoms with Crippen LogP contribution in [0.1, 0.15) is 17.6 Å². The molecule has 398 valence electrons. The van der Waals surface area contributed by atoms with Crippen molar-refractivity contribution in [3.8, 4) is 33.9 Å². The Balaban J connectivity index is 1.08. The first-order valence-electron chi connectivity index (χ1n) is 21.7. The fourth-order valence-electron chi connectivity index (χ4n) is 7.69. The van der Waals surface area contributed by atoms with Gasteiger partial charge in [-0.05, 0) is 59.7 Å². The number of rotatable bonds is 25. The highest BCUT2D eigenvalue weighted by Gasteiger charge is 2.47. The lowest BCUT2D eigenvalue weighted by Gasteiger charge is -2.21. The van der Waals surface area contributed by atoms with Gasteiger partial charge in [-0.1, -0.05) is 24.3 Å². The highest BCUT2D eigenvalue weighted by Crippen LogP contribution is 2.66. The summed E-state index contributed by atoms with van der Waals surface area (Å²) in [5.74, 6) is -6.66. The summed E-state index contributed by atoms with van der Waals surface area (Å²) >= 11 is 0. The Morgan fingerprint density at radius 2 is 1.23 bits per heavy atom. The molecule has 75 heavy (non-hydrogen) atoms. The summed E-state index contributed by atoms with van der Waals surface area (Å²) in [5.41, 5.74) is 8.39. The normalized spacial score (nSPS) is 19.1. The van der Waals surface area contributed by atoms with Gasteiger partial charge in [0.05, 0.1) is 73.3 Å². The number of phosphoric acid groups is 1. The number of ether oxygens (including phenoxy) is 1. The summed E-state index contributed by atoms with van der Waals surface area (Å²) < 4.78 is 55.3. The van der Waals surface area contributed by atoms with Gasteiger partial charge in [0.2, 0.25) is 0 Å². The summed E-state index contributed by atoms with van der Waals surface area (Å²) in [7, 11) is -15.9. The van der Waals surface area contributed by atoms with E-state index in [1.54, 1.807) is 48.5 Å². The molecule has 0 radical (unpaired) electrons. The minimum Gasteiger partial charge on any atom is -0.480 e. The standard InChI is InChI=1S/C42H46N11O19P3/c43-40-37-41(45-20-44-40)53(21-46-37)42-39(63)38(62)32(71-42)19-70-75(68,69)72-74(66,67)22-73(64,65)50-25-9-7-23(8-10-25)24-11-30(28-5-1-3-26(47-28)13-51(15-33(54)55)16-34(56)57)49-31(12-24)29-6-2-4-27(48-29)14-52(17-35(58)59)18-36(60)61/h1-12,20-21,32,38-39,42,62-63H,13-19,22H2,(H,54,55)(H,56,57)(H,58,59)(H,60,61)(H,66,67)(H,68,69)(H2,43,44,45)(H2,50,64,65)/t32-,38+,39?,42-/m1/s1. The van der Waals surface area contributed by atoms with E-state index < -0.39 is 110 Å². The molecule has 1 aliphatic rings. The number of nitrogen functional groups attached to an aromatic ring is 1. The predicted octanol–water partition coefficient (Wildman–Crippen LogP) is 1.73. The number of anilines is 2. The van der Waals surface area contributed by atoms with Crippen molar-refractivity contribution in [1.82, 2.24) is 44.3 Å². The van der Waals surface area contributed by atoms with Gasteiger partial charge in [0.15, 0.2) is 17.7 Å². The van der Waals surface area contributed by atoms with Gasteiger partial charge >= 0.3 is 46.8 Å². The summed E-state index contributed by atoms with van der Waals surface area (Å²) in [6.45, 7) is -3.73. The third-order valence-electron chi connectivity index (χ3n) is 10.7. The first-order valence-corrected chi connectivity index (χ1v) is 26.8. The van der Waals surface area contributed by atoms with Crippen molar-refractivity contribution in [3.05, 3.63) is 96.8 Å². The van der Waals surface area contributed by atoms with Crippen molar-refractivity contribution in [2.45, 2.75) is 37.6 Å². The number of carboxylic acids is 4. The summed E-state index contributed by atoms with van der Waals surface area (Å²) in [6, 6.07) is 18.3. The van der Waals surface area contributed by atoms with Gasteiger partial charge in [0.25, 0.3) is 0 Å². The number of hydrogen-bond donors (Lipinski definition) is 11. The average Bonchev–Trinajstić information content (AvgIpc) is 3.86. The van der Waals surface area contributed by atoms with Gasteiger partial charge in [0, 0.05) is 18.8 Å². The molecule has 12 N–H and O–H groups in total. The Morgan fingerprint density at radius 1 is 0.693 bits per heavy atom. The number of imidazole rings is 1. The number of benzene rings is 1. The van der Waals surface area contributed by atoms with Crippen molar-refractivity contribution < 1.29 is 91.8 Å². The second-order valence-corrected chi connectivity index (χ2v) is 22.5. The maximum atomic E-state index is 13.3. The molecule has 0 spiro atoms. The molecule has 6 aromatic rings. The number of nitrogens with two attached hydrogens (primary N) is 1. The number of phosphoric ester groups is 1. The molecule has 6 heterocycles. The highest BCUT2D eigenvalue weighted by molar-refractivity contribution is 7.76. The topological polar surface area (TPSA) is 456 Å². The van der Waals surface area contributed by atoms with E-state index in [4.69, 9.17) is 20.0 Å². The average molecular weight is 1100 g/mol. The molecular weight excluding hydrogens is 1060 g/mol. The van der Waals surface area contributed by atoms with Crippen LogP contribution in [-0.4, -0.2) is 170 Å². The van der Waals surface area contributed by atoms with Gasteiger partial charge in [-0.25, -0.2) is 38.8 Å². The van der Waals surface area contributed by atoms with Gasteiger partial charge in [-0.2, -0.15) is 0 Å². The molecule has 0 saturated carbocycles. The zero-order valence-corrected chi connectivity index (χ0v) is 41.3. The van der Waals surface area contributed by atoms with Crippen molar-refractivity contribution in [1.29, 1.82) is 0 Å². The van der Waals surface area contributed by atoms with E-state index in [-0.39, 0.29) is 69.9 Å². The molecule has 1 saturated heterocycles. The van der Waals surface area contributed by atoms with E-state index in [9.17, 15) is 78.2 Å². The molecule has 4 unspecified atom stereocenters. The van der Waals surface area contributed by atoms with Crippen molar-refractivity contribution in [2.75, 3.05) is 49.5 Å². The zero-order chi connectivity index (χ0) is 54.4. The zero-order valence-electron chi connectivity index (χ0n) is 38.6. The fraction of sp³-hybridized carbons (Fsp3) is 0.286. The number of aliphatic hydroxyl groups excluding tert-OH is 2. The Hall–Kier alpha value is -7.01. The van der Waals surface area contributed by atoms with Crippen LogP contribution in [0.4, 0.5) is 11.5 Å². The van der Waals surface area contributed by atoms with Crippen LogP contribution in [0.5, 0.6) is 0 Å². The maximum absolute atomic E-state index is 13.3. The third kappa shape index (κ3) is 15.1. The smallest absolute Gasteiger partial charge is 0.479 e. The SMILES string of the molecule is Nc1ncnc2c1ncn2[C@@H]1O[C@H](COP(=O)(O)OP(=O)(O)CP(=O)(O)Nc2ccc(-c3cc(-c4cccc(CN(CC(=O)O)CC(=O)O)n4)nc(-c4cccc(CN(CC(=O)O)CC(=O)O)n4)c3)cc2)[C@H](O)C1O. The van der Waals surface area contributed by atoms with Crippen LogP contribution in [-0.2, 0) is 59.5 Å². The summed E-state index contributed by atoms with van der Waals surface area (Å²) in [6.07, 6.45) is -3.96. The van der Waals surface area contributed by atoms with Gasteiger partial charge in [-0.15, -0.1) is 0 Å². The predicted molar refractivity (Wildman–Crippen MR) is 258 cm³/mol. The minimum atomic E-state index is -5.55. The van der Waals surface area contributed by atoms with Crippen LogP contribution >= 0.6 is 22.9 Å². The Morgan fingerprint density at radius 3 is 1.75 bits per heavy atom. The molecule has 1 fully saturated rings. The minimum absolute atomic E-state index is 0.0112. The van der Waals surface area contributed by atoms with Crippen molar-refractivity contribution >= 4 is 69.5 Å². The second kappa shape index (κ2) is 23.3. The van der Waals surface area contributed by atoms with Gasteiger partial charge in [-0.3, -0.25) is 47.2 Å². The number of nitrogens with one attached hydrogen (secondary N) is 1. The molecule has 1 aliphatic heterocycles. The van der Waals surface area contributed by atoms with Gasteiger partial charge in [0.1, 0.15) is 36.1 Å². The molecule has 33 heteroatoms. The monoisotopic (exact) mass is 1100 g/mol. The van der Waals surface area contributed by atoms with Crippen LogP contribution in [0.15, 0.2) is 85.5 Å². The molecule has 30 nitrogen and oxygen atoms in total. The number of carbonyl (C=O) groups is 4. The quantitative estimate of drug-likeness (QED) is 0.0364. The number of carboxylic acid groups (broad SMARTS) is 4. The maximum Gasteiger partial charge on any atom is 0.479 e. The van der Waals surface area contributed by atoms with Gasteiger partial charge < -0.3 is 60.9 Å². The number of fused-ring (bicyclic) bond motifs is 1. The molecule has 0 bridgehead atoms. The second-order valence-electron chi connectivity index (χ2n) is 16.7. The number of aliphatic hydroxyl groups is 2. The van der Waals surface area contributed by atoms with E-state index in [0.717, 1.165) is 16.1 Å². The van der Waals surface area contributed by atoms with Crippen LogP contribution in [0.25, 0.3) is 45.1 Å². The Kier molecular flexibility index (Phi) is 17.3. The first-order chi connectivity index (χ1) is 35.3. The number of aromatic nitrogens is 7. The first kappa shape index (κ1) is 55.7. The lowest BCUT2D eigenvalue weighted by Crippen LogP contribution is -2.34. The molecule has 5 aromatic heterocycles. The molecule has 0 amide bonds. The highest BCUT2D eigenvalue weighted by atomic mass is 31.3. The number of hydrogen-bond acceptors (Lipinski definition) is 21. The molecule has 0 aliphatic carbocycles. The summed E-state index contributed by atoms with van der Waals surface area (Å²) in [4.78, 5) is 106.